The van der Waals surface area contributed by atoms with Crippen LogP contribution in [0.2, 0.25) is 0 Å². The van der Waals surface area contributed by atoms with Gasteiger partial charge in [0.15, 0.2) is 5.82 Å². The number of benzene rings is 1. The minimum absolute atomic E-state index is 0.339. The smallest absolute Gasteiger partial charge is 0.338 e. The van der Waals surface area contributed by atoms with E-state index in [9.17, 15) is 9.18 Å². The molecule has 0 aliphatic carbocycles. The molecule has 1 N–H and O–H groups in total. The van der Waals surface area contributed by atoms with Crippen LogP contribution in [-0.2, 0) is 0 Å². The molecule has 0 amide bonds. The molecule has 2 rings (SSSR count). The highest BCUT2D eigenvalue weighted by Crippen LogP contribution is 2.28. The average molecular weight is 261 g/mol. The lowest BCUT2D eigenvalue weighted by Gasteiger charge is -2.10. The number of aromatic carboxylic acids is 1. The minimum Gasteiger partial charge on any atom is -0.478 e. The quantitative estimate of drug-likeness (QED) is 0.920. The van der Waals surface area contributed by atoms with Crippen molar-refractivity contribution < 1.29 is 19.0 Å². The van der Waals surface area contributed by atoms with Crippen LogP contribution in [0, 0.1) is 19.7 Å². The van der Waals surface area contributed by atoms with E-state index in [4.69, 9.17) is 9.84 Å². The molecule has 0 aliphatic heterocycles. The van der Waals surface area contributed by atoms with E-state index in [1.807, 2.05) is 19.9 Å². The molecule has 1 heterocycles. The Kier molecular flexibility index (Phi) is 3.46. The van der Waals surface area contributed by atoms with E-state index in [2.05, 4.69) is 4.98 Å². The maximum Gasteiger partial charge on any atom is 0.338 e. The summed E-state index contributed by atoms with van der Waals surface area (Å²) in [6, 6.07) is 6.45. The Morgan fingerprint density at radius 2 is 2.05 bits per heavy atom. The minimum atomic E-state index is -1.36. The summed E-state index contributed by atoms with van der Waals surface area (Å²) in [5, 5.41) is 8.83. The standard InChI is InChI=1S/C14H12FNO3/c1-8-4-3-5-11(9(8)2)19-13-12(15)10(14(17)18)6-7-16-13/h3-7H,1-2H3,(H,17,18). The molecule has 1 aromatic carbocycles. The number of ether oxygens (including phenoxy) is 1. The highest BCUT2D eigenvalue weighted by Gasteiger charge is 2.17. The number of halogens is 1. The fourth-order valence-corrected chi connectivity index (χ4v) is 1.60. The fraction of sp³-hybridized carbons (Fsp3) is 0.143. The fourth-order valence-electron chi connectivity index (χ4n) is 1.60. The number of nitrogens with zero attached hydrogens (tertiary/aromatic N) is 1. The van der Waals surface area contributed by atoms with Gasteiger partial charge in [-0.1, -0.05) is 12.1 Å². The van der Waals surface area contributed by atoms with Crippen LogP contribution in [0.5, 0.6) is 11.6 Å². The Morgan fingerprint density at radius 1 is 1.32 bits per heavy atom. The number of carboxylic acids is 1. The Balaban J connectivity index is 2.42. The van der Waals surface area contributed by atoms with E-state index in [1.165, 1.54) is 6.20 Å². The van der Waals surface area contributed by atoms with Gasteiger partial charge in [-0.05, 0) is 37.1 Å². The molecule has 0 aliphatic rings. The molecule has 0 radical (unpaired) electrons. The van der Waals surface area contributed by atoms with Gasteiger partial charge in [0.05, 0.1) is 0 Å². The lowest BCUT2D eigenvalue weighted by Crippen LogP contribution is -2.04. The number of pyridine rings is 1. The topological polar surface area (TPSA) is 59.4 Å². The zero-order chi connectivity index (χ0) is 14.0. The van der Waals surface area contributed by atoms with Crippen molar-refractivity contribution >= 4 is 5.97 Å². The average Bonchev–Trinajstić information content (AvgIpc) is 2.37. The first-order valence-electron chi connectivity index (χ1n) is 5.62. The molecule has 19 heavy (non-hydrogen) atoms. The number of carboxylic acid groups (broad SMARTS) is 1. The van der Waals surface area contributed by atoms with Crippen LogP contribution >= 0.6 is 0 Å². The zero-order valence-electron chi connectivity index (χ0n) is 10.5. The van der Waals surface area contributed by atoms with E-state index in [-0.39, 0.29) is 5.88 Å². The number of hydrogen-bond acceptors (Lipinski definition) is 3. The SMILES string of the molecule is Cc1cccc(Oc2nccc(C(=O)O)c2F)c1C. The molecule has 0 saturated carbocycles. The van der Waals surface area contributed by atoms with Gasteiger partial charge in [0.2, 0.25) is 0 Å². The molecule has 4 nitrogen and oxygen atoms in total. The van der Waals surface area contributed by atoms with E-state index >= 15 is 0 Å². The van der Waals surface area contributed by atoms with Gasteiger partial charge >= 0.3 is 5.97 Å². The van der Waals surface area contributed by atoms with E-state index in [1.54, 1.807) is 12.1 Å². The number of aromatic nitrogens is 1. The van der Waals surface area contributed by atoms with Crippen LogP contribution in [0.4, 0.5) is 4.39 Å². The third-order valence-corrected chi connectivity index (χ3v) is 2.85. The van der Waals surface area contributed by atoms with Crippen LogP contribution in [0.3, 0.4) is 0 Å². The summed E-state index contributed by atoms with van der Waals surface area (Å²) in [5.74, 6) is -2.22. The molecule has 0 fully saturated rings. The van der Waals surface area contributed by atoms with Crippen LogP contribution < -0.4 is 4.74 Å². The van der Waals surface area contributed by atoms with Crippen molar-refractivity contribution in [2.24, 2.45) is 0 Å². The molecule has 2 aromatic rings. The molecule has 5 heteroatoms. The largest absolute Gasteiger partial charge is 0.478 e. The van der Waals surface area contributed by atoms with E-state index in [0.717, 1.165) is 17.2 Å². The van der Waals surface area contributed by atoms with Crippen molar-refractivity contribution in [3.05, 3.63) is 53.0 Å². The summed E-state index contributed by atoms with van der Waals surface area (Å²) in [6.45, 7) is 3.74. The molecule has 0 atom stereocenters. The second kappa shape index (κ2) is 5.06. The lowest BCUT2D eigenvalue weighted by molar-refractivity contribution is 0.0690. The van der Waals surface area contributed by atoms with Crippen molar-refractivity contribution in [3.8, 4) is 11.6 Å². The predicted octanol–water partition coefficient (Wildman–Crippen LogP) is 3.33. The van der Waals surface area contributed by atoms with Crippen molar-refractivity contribution in [2.45, 2.75) is 13.8 Å². The van der Waals surface area contributed by atoms with Gasteiger partial charge in [0.25, 0.3) is 5.88 Å². The number of aryl methyl sites for hydroxylation is 1. The van der Waals surface area contributed by atoms with Crippen LogP contribution in [0.1, 0.15) is 21.5 Å². The first-order chi connectivity index (χ1) is 9.00. The van der Waals surface area contributed by atoms with E-state index < -0.39 is 17.3 Å². The number of carbonyl (C=O) groups is 1. The van der Waals surface area contributed by atoms with Gasteiger partial charge in [-0.2, -0.15) is 0 Å². The third kappa shape index (κ3) is 2.54. The molecule has 0 spiro atoms. The van der Waals surface area contributed by atoms with Gasteiger partial charge in [-0.3, -0.25) is 0 Å². The van der Waals surface area contributed by atoms with Gasteiger partial charge in [0.1, 0.15) is 11.3 Å². The normalized spacial score (nSPS) is 10.3. The maximum atomic E-state index is 13.9. The first kappa shape index (κ1) is 13.0. The summed E-state index contributed by atoms with van der Waals surface area (Å²) in [4.78, 5) is 14.6. The highest BCUT2D eigenvalue weighted by molar-refractivity contribution is 5.88. The van der Waals surface area contributed by atoms with Crippen LogP contribution in [0.25, 0.3) is 0 Å². The van der Waals surface area contributed by atoms with Gasteiger partial charge in [-0.25, -0.2) is 14.2 Å². The van der Waals surface area contributed by atoms with Gasteiger partial charge in [-0.15, -0.1) is 0 Å². The maximum absolute atomic E-state index is 13.9. The molecule has 0 bridgehead atoms. The highest BCUT2D eigenvalue weighted by atomic mass is 19.1. The van der Waals surface area contributed by atoms with Crippen molar-refractivity contribution in [3.63, 3.8) is 0 Å². The first-order valence-corrected chi connectivity index (χ1v) is 5.62. The summed E-state index contributed by atoms with van der Waals surface area (Å²) in [6.07, 6.45) is 1.20. The summed E-state index contributed by atoms with van der Waals surface area (Å²) in [5.41, 5.74) is 1.38. The Bertz CT molecular complexity index is 641. The molecular formula is C14H12FNO3. The zero-order valence-corrected chi connectivity index (χ0v) is 10.5. The lowest BCUT2D eigenvalue weighted by atomic mass is 10.1. The number of rotatable bonds is 3. The summed E-state index contributed by atoms with van der Waals surface area (Å²) >= 11 is 0. The van der Waals surface area contributed by atoms with Crippen LogP contribution in [0.15, 0.2) is 30.5 Å². The van der Waals surface area contributed by atoms with Crippen molar-refractivity contribution in [2.75, 3.05) is 0 Å². The second-order valence-electron chi connectivity index (χ2n) is 4.08. The molecule has 98 valence electrons. The predicted molar refractivity (Wildman–Crippen MR) is 67.1 cm³/mol. The summed E-state index contributed by atoms with van der Waals surface area (Å²) in [7, 11) is 0. The Labute approximate surface area is 109 Å². The molecular weight excluding hydrogens is 249 g/mol. The second-order valence-corrected chi connectivity index (χ2v) is 4.08. The Morgan fingerprint density at radius 3 is 2.74 bits per heavy atom. The summed E-state index contributed by atoms with van der Waals surface area (Å²) < 4.78 is 19.2. The van der Waals surface area contributed by atoms with Gasteiger partial charge in [0, 0.05) is 6.20 Å². The Hall–Kier alpha value is -2.43. The van der Waals surface area contributed by atoms with Crippen LogP contribution in [-0.4, -0.2) is 16.1 Å². The molecule has 0 saturated heterocycles. The monoisotopic (exact) mass is 261 g/mol. The van der Waals surface area contributed by atoms with Crippen molar-refractivity contribution in [1.29, 1.82) is 0 Å². The third-order valence-electron chi connectivity index (χ3n) is 2.85. The van der Waals surface area contributed by atoms with Crippen molar-refractivity contribution in [1.82, 2.24) is 4.98 Å². The molecule has 1 aromatic heterocycles. The number of hydrogen-bond donors (Lipinski definition) is 1. The van der Waals surface area contributed by atoms with Gasteiger partial charge < -0.3 is 9.84 Å². The van der Waals surface area contributed by atoms with E-state index in [0.29, 0.717) is 5.75 Å². The molecule has 0 unspecified atom stereocenters.